The maximum atomic E-state index is 12.5. The quantitative estimate of drug-likeness (QED) is 0.828. The highest BCUT2D eigenvalue weighted by Gasteiger charge is 2.34. The van der Waals surface area contributed by atoms with Gasteiger partial charge in [-0.1, -0.05) is 11.6 Å². The van der Waals surface area contributed by atoms with Crippen molar-refractivity contribution in [3.05, 3.63) is 5.76 Å². The standard InChI is InChI=1S/C9H10ClFN2O3/c1-15-9-5(12-8(14)7(10)11)6(16-13-9)4-2-3-4/h4,7H,2-3H2,1H3,(H,12,14). The average Bonchev–Trinajstić information content (AvgIpc) is 3.01. The second kappa shape index (κ2) is 4.29. The molecule has 1 saturated carbocycles. The Kier molecular flexibility index (Phi) is 3.00. The summed E-state index contributed by atoms with van der Waals surface area (Å²) in [6.07, 6.45) is 1.92. The molecule has 1 aromatic rings. The first-order chi connectivity index (χ1) is 7.63. The van der Waals surface area contributed by atoms with Gasteiger partial charge in [-0.2, -0.15) is 0 Å². The van der Waals surface area contributed by atoms with Crippen molar-refractivity contribution < 1.29 is 18.4 Å². The van der Waals surface area contributed by atoms with Crippen molar-refractivity contribution in [1.29, 1.82) is 0 Å². The van der Waals surface area contributed by atoms with Crippen molar-refractivity contribution in [2.45, 2.75) is 24.4 Å². The molecule has 1 atom stereocenters. The lowest BCUT2D eigenvalue weighted by molar-refractivity contribution is -0.118. The van der Waals surface area contributed by atoms with E-state index < -0.39 is 11.5 Å². The van der Waals surface area contributed by atoms with E-state index in [1.165, 1.54) is 7.11 Å². The molecule has 1 aliphatic rings. The minimum absolute atomic E-state index is 0.132. The smallest absolute Gasteiger partial charge is 0.278 e. The van der Waals surface area contributed by atoms with E-state index in [1.54, 1.807) is 0 Å². The fourth-order valence-corrected chi connectivity index (χ4v) is 1.40. The van der Waals surface area contributed by atoms with Gasteiger partial charge in [0.1, 0.15) is 5.69 Å². The van der Waals surface area contributed by atoms with Crippen LogP contribution >= 0.6 is 11.6 Å². The Morgan fingerprint density at radius 2 is 2.44 bits per heavy atom. The molecule has 5 nitrogen and oxygen atoms in total. The highest BCUT2D eigenvalue weighted by Crippen LogP contribution is 2.46. The van der Waals surface area contributed by atoms with Crippen LogP contribution in [0.4, 0.5) is 10.1 Å². The van der Waals surface area contributed by atoms with E-state index in [1.807, 2.05) is 0 Å². The Morgan fingerprint density at radius 1 is 1.75 bits per heavy atom. The predicted octanol–water partition coefficient (Wildman–Crippen LogP) is 2.03. The van der Waals surface area contributed by atoms with Crippen molar-refractivity contribution in [3.63, 3.8) is 0 Å². The Balaban J connectivity index is 2.22. The molecular weight excluding hydrogens is 239 g/mol. The molecule has 1 N–H and O–H groups in total. The number of rotatable bonds is 4. The summed E-state index contributed by atoms with van der Waals surface area (Å²) in [5, 5.41) is 5.93. The van der Waals surface area contributed by atoms with Gasteiger partial charge in [0.25, 0.3) is 17.4 Å². The minimum Gasteiger partial charge on any atom is -0.477 e. The Bertz CT molecular complexity index is 403. The molecule has 1 unspecified atom stereocenters. The van der Waals surface area contributed by atoms with Crippen molar-refractivity contribution in [1.82, 2.24) is 5.16 Å². The number of carbonyl (C=O) groups excluding carboxylic acids is 1. The van der Waals surface area contributed by atoms with E-state index >= 15 is 0 Å². The van der Waals surface area contributed by atoms with Gasteiger partial charge in [0.2, 0.25) is 0 Å². The van der Waals surface area contributed by atoms with Crippen LogP contribution < -0.4 is 10.1 Å². The van der Waals surface area contributed by atoms with Crippen molar-refractivity contribution in [2.24, 2.45) is 0 Å². The summed E-state index contributed by atoms with van der Waals surface area (Å²) in [5.74, 6) is -0.0831. The number of hydrogen-bond donors (Lipinski definition) is 1. The monoisotopic (exact) mass is 248 g/mol. The zero-order chi connectivity index (χ0) is 11.7. The van der Waals surface area contributed by atoms with Crippen LogP contribution in [0.25, 0.3) is 0 Å². The molecular formula is C9H10ClFN2O3. The first kappa shape index (κ1) is 11.2. The summed E-state index contributed by atoms with van der Waals surface area (Å²) in [6, 6.07) is 0. The van der Waals surface area contributed by atoms with Crippen LogP contribution in [0.3, 0.4) is 0 Å². The number of anilines is 1. The van der Waals surface area contributed by atoms with Gasteiger partial charge in [-0.3, -0.25) is 4.79 Å². The molecule has 0 saturated heterocycles. The molecule has 1 fully saturated rings. The third-order valence-corrected chi connectivity index (χ3v) is 2.47. The zero-order valence-electron chi connectivity index (χ0n) is 8.50. The molecule has 1 aliphatic carbocycles. The number of ether oxygens (including phenoxy) is 1. The van der Waals surface area contributed by atoms with Gasteiger partial charge < -0.3 is 14.6 Å². The Labute approximate surface area is 95.9 Å². The van der Waals surface area contributed by atoms with Crippen LogP contribution in [0.15, 0.2) is 4.52 Å². The average molecular weight is 249 g/mol. The number of nitrogens with one attached hydrogen (secondary N) is 1. The fraction of sp³-hybridized carbons (Fsp3) is 0.556. The van der Waals surface area contributed by atoms with E-state index in [4.69, 9.17) is 20.9 Å². The number of alkyl halides is 2. The Hall–Kier alpha value is -1.30. The molecule has 1 aromatic heterocycles. The molecule has 0 bridgehead atoms. The van der Waals surface area contributed by atoms with Gasteiger partial charge in [0, 0.05) is 5.92 Å². The molecule has 0 aromatic carbocycles. The van der Waals surface area contributed by atoms with Crippen LogP contribution in [0.1, 0.15) is 24.5 Å². The van der Waals surface area contributed by atoms with E-state index in [-0.39, 0.29) is 17.5 Å². The molecule has 1 heterocycles. The topological polar surface area (TPSA) is 64.4 Å². The van der Waals surface area contributed by atoms with Gasteiger partial charge in [-0.05, 0) is 18.0 Å². The zero-order valence-corrected chi connectivity index (χ0v) is 9.25. The fourth-order valence-electron chi connectivity index (χ4n) is 1.34. The molecule has 88 valence electrons. The van der Waals surface area contributed by atoms with E-state index in [0.717, 1.165) is 12.8 Å². The highest BCUT2D eigenvalue weighted by atomic mass is 35.5. The van der Waals surface area contributed by atoms with E-state index in [2.05, 4.69) is 10.5 Å². The van der Waals surface area contributed by atoms with Crippen LogP contribution in [-0.4, -0.2) is 23.8 Å². The number of nitrogens with zero attached hydrogens (tertiary/aromatic N) is 1. The first-order valence-electron chi connectivity index (χ1n) is 4.76. The van der Waals surface area contributed by atoms with Crippen molar-refractivity contribution in [2.75, 3.05) is 12.4 Å². The number of hydrogen-bond acceptors (Lipinski definition) is 4. The second-order valence-corrected chi connectivity index (χ2v) is 3.88. The second-order valence-electron chi connectivity index (χ2n) is 3.50. The van der Waals surface area contributed by atoms with E-state index in [0.29, 0.717) is 5.76 Å². The highest BCUT2D eigenvalue weighted by molar-refractivity contribution is 6.31. The summed E-state index contributed by atoms with van der Waals surface area (Å²) in [4.78, 5) is 11.1. The third-order valence-electron chi connectivity index (χ3n) is 2.28. The number of amides is 1. The maximum absolute atomic E-state index is 12.5. The summed E-state index contributed by atoms with van der Waals surface area (Å²) >= 11 is 5.02. The van der Waals surface area contributed by atoms with Gasteiger partial charge in [-0.15, -0.1) is 0 Å². The molecule has 7 heteroatoms. The largest absolute Gasteiger partial charge is 0.477 e. The summed E-state index contributed by atoms with van der Waals surface area (Å²) < 4.78 is 22.5. The number of methoxy groups -OCH3 is 1. The lowest BCUT2D eigenvalue weighted by Crippen LogP contribution is -2.20. The normalized spacial score (nSPS) is 16.9. The number of carbonyl (C=O) groups is 1. The minimum atomic E-state index is -2.10. The lowest BCUT2D eigenvalue weighted by atomic mass is 10.2. The third kappa shape index (κ3) is 2.11. The van der Waals surface area contributed by atoms with Crippen LogP contribution in [-0.2, 0) is 4.79 Å². The molecule has 16 heavy (non-hydrogen) atoms. The van der Waals surface area contributed by atoms with Crippen LogP contribution in [0.5, 0.6) is 5.88 Å². The first-order valence-corrected chi connectivity index (χ1v) is 5.19. The molecule has 0 aliphatic heterocycles. The molecule has 0 spiro atoms. The van der Waals surface area contributed by atoms with Gasteiger partial charge in [0.05, 0.1) is 7.11 Å². The number of aromatic nitrogens is 1. The van der Waals surface area contributed by atoms with Crippen LogP contribution in [0.2, 0.25) is 0 Å². The molecule has 0 radical (unpaired) electrons. The maximum Gasteiger partial charge on any atom is 0.278 e. The predicted molar refractivity (Wildman–Crippen MR) is 54.4 cm³/mol. The summed E-state index contributed by atoms with van der Waals surface area (Å²) in [7, 11) is 1.39. The van der Waals surface area contributed by atoms with Crippen molar-refractivity contribution in [3.8, 4) is 5.88 Å². The Morgan fingerprint density at radius 3 is 2.94 bits per heavy atom. The number of halogens is 2. The van der Waals surface area contributed by atoms with Gasteiger partial charge in [-0.25, -0.2) is 4.39 Å². The summed E-state index contributed by atoms with van der Waals surface area (Å²) in [6.45, 7) is 0. The summed E-state index contributed by atoms with van der Waals surface area (Å²) in [5.41, 5.74) is -1.83. The SMILES string of the molecule is COc1noc(C2CC2)c1NC(=O)C(F)Cl. The van der Waals surface area contributed by atoms with Crippen LogP contribution in [0, 0.1) is 0 Å². The van der Waals surface area contributed by atoms with E-state index in [9.17, 15) is 9.18 Å². The van der Waals surface area contributed by atoms with Gasteiger partial charge >= 0.3 is 0 Å². The lowest BCUT2D eigenvalue weighted by Gasteiger charge is -2.04. The molecule has 1 amide bonds. The van der Waals surface area contributed by atoms with Gasteiger partial charge in [0.15, 0.2) is 5.76 Å². The van der Waals surface area contributed by atoms with Crippen molar-refractivity contribution >= 4 is 23.2 Å². The molecule has 2 rings (SSSR count).